The first-order chi connectivity index (χ1) is 8.59. The molecule has 1 aromatic rings. The van der Waals surface area contributed by atoms with Crippen LogP contribution in [0.25, 0.3) is 0 Å². The van der Waals surface area contributed by atoms with E-state index in [1.165, 1.54) is 0 Å². The lowest BCUT2D eigenvalue weighted by Crippen LogP contribution is -2.43. The van der Waals surface area contributed by atoms with Crippen molar-refractivity contribution in [2.45, 2.75) is 38.0 Å². The van der Waals surface area contributed by atoms with Gasteiger partial charge in [-0.15, -0.1) is 0 Å². The molecular formula is C14H18F2O2. The summed E-state index contributed by atoms with van der Waals surface area (Å²) in [6, 6.07) is 8.15. The van der Waals surface area contributed by atoms with Gasteiger partial charge in [0.15, 0.2) is 5.41 Å². The van der Waals surface area contributed by atoms with Crippen LogP contribution in [0, 0.1) is 0 Å². The number of hydrogen-bond acceptors (Lipinski definition) is 2. The smallest absolute Gasteiger partial charge is 0.322 e. The minimum absolute atomic E-state index is 0.0951. The second kappa shape index (κ2) is 6.47. The topological polar surface area (TPSA) is 26.3 Å². The number of halogens is 2. The number of alkyl halides is 2. The molecule has 0 saturated heterocycles. The second-order valence-corrected chi connectivity index (χ2v) is 4.23. The Morgan fingerprint density at radius 2 is 1.94 bits per heavy atom. The van der Waals surface area contributed by atoms with Crippen LogP contribution in [0.2, 0.25) is 0 Å². The number of benzene rings is 1. The molecule has 0 saturated carbocycles. The average Bonchev–Trinajstić information content (AvgIpc) is 2.40. The minimum atomic E-state index is -2.78. The van der Waals surface area contributed by atoms with Crippen molar-refractivity contribution < 1.29 is 18.3 Å². The third-order valence-corrected chi connectivity index (χ3v) is 3.14. The van der Waals surface area contributed by atoms with Gasteiger partial charge in [0.2, 0.25) is 0 Å². The van der Waals surface area contributed by atoms with Crippen molar-refractivity contribution in [3.8, 4) is 0 Å². The molecule has 0 spiro atoms. The van der Waals surface area contributed by atoms with Crippen LogP contribution in [0.1, 0.15) is 31.7 Å². The van der Waals surface area contributed by atoms with Crippen molar-refractivity contribution >= 4 is 5.97 Å². The quantitative estimate of drug-likeness (QED) is 0.727. The Morgan fingerprint density at radius 1 is 1.33 bits per heavy atom. The SMILES string of the molecule is CCCC[C@@](C(=O)OC)(c1ccccc1)C(F)F. The maximum Gasteiger partial charge on any atom is 0.322 e. The molecule has 0 radical (unpaired) electrons. The number of rotatable bonds is 6. The van der Waals surface area contributed by atoms with Gasteiger partial charge in [0, 0.05) is 0 Å². The van der Waals surface area contributed by atoms with E-state index in [0.29, 0.717) is 12.0 Å². The lowest BCUT2D eigenvalue weighted by atomic mass is 9.76. The fourth-order valence-electron chi connectivity index (χ4n) is 2.06. The molecule has 4 heteroatoms. The third-order valence-electron chi connectivity index (χ3n) is 3.14. The molecule has 0 aromatic heterocycles. The van der Waals surface area contributed by atoms with Crippen LogP contribution in [0.3, 0.4) is 0 Å². The average molecular weight is 256 g/mol. The van der Waals surface area contributed by atoms with E-state index in [9.17, 15) is 13.6 Å². The Morgan fingerprint density at radius 3 is 2.39 bits per heavy atom. The summed E-state index contributed by atoms with van der Waals surface area (Å²) < 4.78 is 31.6. The molecule has 0 N–H and O–H groups in total. The summed E-state index contributed by atoms with van der Waals surface area (Å²) in [6.07, 6.45) is -1.39. The van der Waals surface area contributed by atoms with Gasteiger partial charge in [-0.3, -0.25) is 4.79 Å². The van der Waals surface area contributed by atoms with Crippen molar-refractivity contribution in [3.05, 3.63) is 35.9 Å². The van der Waals surface area contributed by atoms with E-state index in [-0.39, 0.29) is 6.42 Å². The van der Waals surface area contributed by atoms with E-state index in [2.05, 4.69) is 4.74 Å². The normalized spacial score (nSPS) is 14.3. The molecule has 0 bridgehead atoms. The summed E-state index contributed by atoms with van der Waals surface area (Å²) in [7, 11) is 1.15. The summed E-state index contributed by atoms with van der Waals surface area (Å²) >= 11 is 0. The summed E-state index contributed by atoms with van der Waals surface area (Å²) in [4.78, 5) is 11.9. The maximum absolute atomic E-state index is 13.5. The molecule has 2 nitrogen and oxygen atoms in total. The number of carbonyl (C=O) groups is 1. The van der Waals surface area contributed by atoms with Gasteiger partial charge in [-0.1, -0.05) is 50.1 Å². The highest BCUT2D eigenvalue weighted by Crippen LogP contribution is 2.37. The van der Waals surface area contributed by atoms with Crippen molar-refractivity contribution in [2.75, 3.05) is 7.11 Å². The van der Waals surface area contributed by atoms with Crippen molar-refractivity contribution in [1.29, 1.82) is 0 Å². The highest BCUT2D eigenvalue weighted by atomic mass is 19.3. The van der Waals surface area contributed by atoms with Crippen molar-refractivity contribution in [2.24, 2.45) is 0 Å². The van der Waals surface area contributed by atoms with Gasteiger partial charge < -0.3 is 4.74 Å². The minimum Gasteiger partial charge on any atom is -0.468 e. The zero-order chi connectivity index (χ0) is 13.6. The highest BCUT2D eigenvalue weighted by Gasteiger charge is 2.49. The first-order valence-electron chi connectivity index (χ1n) is 6.01. The van der Waals surface area contributed by atoms with Gasteiger partial charge in [-0.05, 0) is 12.0 Å². The van der Waals surface area contributed by atoms with Crippen LogP contribution in [0.5, 0.6) is 0 Å². The number of carbonyl (C=O) groups excluding carboxylic acids is 1. The zero-order valence-electron chi connectivity index (χ0n) is 10.7. The third kappa shape index (κ3) is 2.68. The summed E-state index contributed by atoms with van der Waals surface area (Å²) in [6.45, 7) is 1.90. The van der Waals surface area contributed by atoms with E-state index in [0.717, 1.165) is 13.5 Å². The number of esters is 1. The monoisotopic (exact) mass is 256 g/mol. The molecule has 1 aromatic carbocycles. The van der Waals surface area contributed by atoms with Crippen LogP contribution in [0.15, 0.2) is 30.3 Å². The molecule has 0 amide bonds. The van der Waals surface area contributed by atoms with Gasteiger partial charge in [0.1, 0.15) is 0 Å². The standard InChI is InChI=1S/C14H18F2O2/c1-3-4-10-14(12(15)16,13(17)18-2)11-8-6-5-7-9-11/h5-9,12H,3-4,10H2,1-2H3/t14-/m1/s1. The number of ether oxygens (including phenoxy) is 1. The van der Waals surface area contributed by atoms with Crippen LogP contribution >= 0.6 is 0 Å². The molecule has 0 aliphatic carbocycles. The zero-order valence-corrected chi connectivity index (χ0v) is 10.7. The lowest BCUT2D eigenvalue weighted by molar-refractivity contribution is -0.155. The molecule has 100 valence electrons. The molecule has 0 fully saturated rings. The largest absolute Gasteiger partial charge is 0.468 e. The first kappa shape index (κ1) is 14.6. The van der Waals surface area contributed by atoms with E-state index < -0.39 is 17.8 Å². The first-order valence-corrected chi connectivity index (χ1v) is 6.01. The van der Waals surface area contributed by atoms with Crippen molar-refractivity contribution in [1.82, 2.24) is 0 Å². The Bertz CT molecular complexity index is 379. The van der Waals surface area contributed by atoms with E-state index in [4.69, 9.17) is 0 Å². The maximum atomic E-state index is 13.5. The van der Waals surface area contributed by atoms with E-state index >= 15 is 0 Å². The van der Waals surface area contributed by atoms with E-state index in [1.54, 1.807) is 30.3 Å². The Labute approximate surface area is 106 Å². The number of unbranched alkanes of at least 4 members (excludes halogenated alkanes) is 1. The summed E-state index contributed by atoms with van der Waals surface area (Å²) in [5, 5.41) is 0. The molecule has 1 rings (SSSR count). The predicted octanol–water partition coefficient (Wildman–Crippen LogP) is 3.55. The fraction of sp³-hybridized carbons (Fsp3) is 0.500. The molecule has 1 atom stereocenters. The van der Waals surface area contributed by atoms with Gasteiger partial charge in [-0.25, -0.2) is 8.78 Å². The molecule has 0 heterocycles. The lowest BCUT2D eigenvalue weighted by Gasteiger charge is -2.30. The van der Waals surface area contributed by atoms with Crippen LogP contribution in [-0.2, 0) is 14.9 Å². The van der Waals surface area contributed by atoms with Gasteiger partial charge >= 0.3 is 5.97 Å². The van der Waals surface area contributed by atoms with Gasteiger partial charge in [-0.2, -0.15) is 0 Å². The van der Waals surface area contributed by atoms with E-state index in [1.807, 2.05) is 6.92 Å². The van der Waals surface area contributed by atoms with Crippen LogP contribution in [-0.4, -0.2) is 19.5 Å². The van der Waals surface area contributed by atoms with Crippen molar-refractivity contribution in [3.63, 3.8) is 0 Å². The molecular weight excluding hydrogens is 238 g/mol. The van der Waals surface area contributed by atoms with Crippen LogP contribution in [0.4, 0.5) is 8.78 Å². The molecule has 18 heavy (non-hydrogen) atoms. The van der Waals surface area contributed by atoms with Crippen LogP contribution < -0.4 is 0 Å². The Balaban J connectivity index is 3.24. The predicted molar refractivity (Wildman–Crippen MR) is 65.7 cm³/mol. The number of hydrogen-bond donors (Lipinski definition) is 0. The van der Waals surface area contributed by atoms with Gasteiger partial charge in [0.05, 0.1) is 7.11 Å². The molecule has 0 aliphatic rings. The fourth-order valence-corrected chi connectivity index (χ4v) is 2.06. The highest BCUT2D eigenvalue weighted by molar-refractivity contribution is 5.83. The Hall–Kier alpha value is -1.45. The van der Waals surface area contributed by atoms with Gasteiger partial charge in [0.25, 0.3) is 6.43 Å². The molecule has 0 unspecified atom stereocenters. The summed E-state index contributed by atoms with van der Waals surface area (Å²) in [5.74, 6) is -0.864. The molecule has 0 aliphatic heterocycles. The second-order valence-electron chi connectivity index (χ2n) is 4.23. The summed E-state index contributed by atoms with van der Waals surface area (Å²) in [5.41, 5.74) is -1.52. The Kier molecular flexibility index (Phi) is 5.25. The number of methoxy groups -OCH3 is 1.